The van der Waals surface area contributed by atoms with Crippen molar-refractivity contribution < 1.29 is 14.3 Å². The third-order valence-electron chi connectivity index (χ3n) is 3.50. The van der Waals surface area contributed by atoms with E-state index in [2.05, 4.69) is 15.3 Å². The van der Waals surface area contributed by atoms with Gasteiger partial charge in [0.25, 0.3) is 5.91 Å². The molecule has 122 valence electrons. The van der Waals surface area contributed by atoms with Crippen molar-refractivity contribution in [1.29, 1.82) is 0 Å². The van der Waals surface area contributed by atoms with Crippen LogP contribution in [0.3, 0.4) is 0 Å². The quantitative estimate of drug-likeness (QED) is 0.683. The summed E-state index contributed by atoms with van der Waals surface area (Å²) in [6, 6.07) is 14.4. The van der Waals surface area contributed by atoms with Crippen molar-refractivity contribution in [3.05, 3.63) is 59.9 Å². The van der Waals surface area contributed by atoms with Crippen LogP contribution in [-0.4, -0.2) is 28.3 Å². The van der Waals surface area contributed by atoms with Gasteiger partial charge in [0, 0.05) is 5.56 Å². The van der Waals surface area contributed by atoms with Crippen molar-refractivity contribution in [3.63, 3.8) is 0 Å². The Balaban J connectivity index is 1.52. The van der Waals surface area contributed by atoms with Crippen LogP contribution in [0.2, 0.25) is 0 Å². The summed E-state index contributed by atoms with van der Waals surface area (Å²) < 4.78 is 5.41. The molecular weight excluding hydrogens is 306 g/mol. The van der Waals surface area contributed by atoms with Gasteiger partial charge in [0.2, 0.25) is 0 Å². The monoisotopic (exact) mass is 323 g/mol. The van der Waals surface area contributed by atoms with E-state index in [-0.39, 0.29) is 18.3 Å². The Morgan fingerprint density at radius 1 is 1.17 bits per heavy atom. The number of rotatable bonds is 6. The number of carbonyl (C=O) groups is 2. The van der Waals surface area contributed by atoms with Gasteiger partial charge in [0.1, 0.15) is 11.6 Å². The first-order valence-corrected chi connectivity index (χ1v) is 7.56. The van der Waals surface area contributed by atoms with Gasteiger partial charge in [-0.1, -0.05) is 24.3 Å². The number of ether oxygens (including phenoxy) is 1. The summed E-state index contributed by atoms with van der Waals surface area (Å²) in [6.45, 7) is 1.66. The molecule has 0 saturated heterocycles. The zero-order valence-electron chi connectivity index (χ0n) is 13.2. The minimum atomic E-state index is -0.260. The SMILES string of the molecule is CC(=O)c1cccc(OCC(=O)NCc2nc3ccccc3[nH]2)c1. The van der Waals surface area contributed by atoms with E-state index in [0.29, 0.717) is 23.7 Å². The second kappa shape index (κ2) is 6.95. The van der Waals surface area contributed by atoms with Crippen LogP contribution in [0.1, 0.15) is 23.1 Å². The molecule has 1 amide bonds. The van der Waals surface area contributed by atoms with Crippen molar-refractivity contribution in [1.82, 2.24) is 15.3 Å². The van der Waals surface area contributed by atoms with Gasteiger partial charge in [0.15, 0.2) is 12.4 Å². The predicted octanol–water partition coefficient (Wildman–Crippen LogP) is 2.46. The van der Waals surface area contributed by atoms with Crippen LogP contribution >= 0.6 is 0 Å². The number of H-pyrrole nitrogens is 1. The number of ketones is 1. The number of fused-ring (bicyclic) bond motifs is 1. The maximum Gasteiger partial charge on any atom is 0.258 e. The highest BCUT2D eigenvalue weighted by atomic mass is 16.5. The number of aromatic nitrogens is 2. The largest absolute Gasteiger partial charge is 0.484 e. The first-order chi connectivity index (χ1) is 11.6. The molecule has 0 aliphatic rings. The van der Waals surface area contributed by atoms with E-state index in [9.17, 15) is 9.59 Å². The molecule has 3 rings (SSSR count). The molecule has 2 aromatic carbocycles. The molecule has 1 heterocycles. The molecule has 1 aromatic heterocycles. The zero-order chi connectivity index (χ0) is 16.9. The van der Waals surface area contributed by atoms with Gasteiger partial charge in [0.05, 0.1) is 17.6 Å². The fourth-order valence-corrected chi connectivity index (χ4v) is 2.28. The predicted molar refractivity (Wildman–Crippen MR) is 89.9 cm³/mol. The standard InChI is InChI=1S/C18H17N3O3/c1-12(22)13-5-4-6-14(9-13)24-11-18(23)19-10-17-20-15-7-2-3-8-16(15)21-17/h2-9H,10-11H2,1H3,(H,19,23)(H,20,21). The zero-order valence-corrected chi connectivity index (χ0v) is 13.2. The van der Waals surface area contributed by atoms with Crippen LogP contribution in [0, 0.1) is 0 Å². The molecule has 6 heteroatoms. The lowest BCUT2D eigenvalue weighted by Crippen LogP contribution is -2.28. The molecule has 2 N–H and O–H groups in total. The minimum Gasteiger partial charge on any atom is -0.484 e. The lowest BCUT2D eigenvalue weighted by atomic mass is 10.1. The van der Waals surface area contributed by atoms with Gasteiger partial charge in [-0.3, -0.25) is 9.59 Å². The maximum atomic E-state index is 11.9. The molecule has 6 nitrogen and oxygen atoms in total. The molecule has 0 saturated carbocycles. The number of amides is 1. The number of Topliss-reactive ketones (excluding diaryl/α,β-unsaturated/α-hetero) is 1. The third kappa shape index (κ3) is 3.78. The lowest BCUT2D eigenvalue weighted by molar-refractivity contribution is -0.123. The minimum absolute atomic E-state index is 0.0465. The molecule has 0 bridgehead atoms. The normalized spacial score (nSPS) is 10.5. The molecule has 3 aromatic rings. The molecular formula is C18H17N3O3. The Kier molecular flexibility index (Phi) is 4.56. The lowest BCUT2D eigenvalue weighted by Gasteiger charge is -2.07. The average molecular weight is 323 g/mol. The van der Waals surface area contributed by atoms with E-state index in [1.165, 1.54) is 6.92 Å². The van der Waals surface area contributed by atoms with Crippen molar-refractivity contribution in [2.75, 3.05) is 6.61 Å². The highest BCUT2D eigenvalue weighted by molar-refractivity contribution is 5.94. The Labute approximate surface area is 138 Å². The topological polar surface area (TPSA) is 84.1 Å². The molecule has 0 radical (unpaired) electrons. The number of imidazole rings is 1. The number of benzene rings is 2. The van der Waals surface area contributed by atoms with Crippen LogP contribution < -0.4 is 10.1 Å². The van der Waals surface area contributed by atoms with Crippen LogP contribution in [-0.2, 0) is 11.3 Å². The third-order valence-corrected chi connectivity index (χ3v) is 3.50. The van der Waals surface area contributed by atoms with Gasteiger partial charge in [-0.05, 0) is 31.2 Å². The molecule has 24 heavy (non-hydrogen) atoms. The van der Waals surface area contributed by atoms with E-state index >= 15 is 0 Å². The van der Waals surface area contributed by atoms with E-state index < -0.39 is 0 Å². The summed E-state index contributed by atoms with van der Waals surface area (Å²) in [5.41, 5.74) is 2.34. The molecule has 0 spiro atoms. The summed E-state index contributed by atoms with van der Waals surface area (Å²) in [5, 5.41) is 2.74. The summed E-state index contributed by atoms with van der Waals surface area (Å²) >= 11 is 0. The number of nitrogens with zero attached hydrogens (tertiary/aromatic N) is 1. The van der Waals surface area contributed by atoms with Gasteiger partial charge in [-0.2, -0.15) is 0 Å². The molecule has 0 atom stereocenters. The van der Waals surface area contributed by atoms with Gasteiger partial charge in [-0.25, -0.2) is 4.98 Å². The number of carbonyl (C=O) groups excluding carboxylic acids is 2. The Hall–Kier alpha value is -3.15. The Morgan fingerprint density at radius 3 is 2.79 bits per heavy atom. The number of aromatic amines is 1. The summed E-state index contributed by atoms with van der Waals surface area (Å²) in [7, 11) is 0. The van der Waals surface area contributed by atoms with Crippen LogP contribution in [0.4, 0.5) is 0 Å². The Morgan fingerprint density at radius 2 is 2.00 bits per heavy atom. The average Bonchev–Trinajstić information content (AvgIpc) is 3.01. The second-order valence-electron chi connectivity index (χ2n) is 5.35. The van der Waals surface area contributed by atoms with Crippen LogP contribution in [0.5, 0.6) is 5.75 Å². The first-order valence-electron chi connectivity index (χ1n) is 7.56. The van der Waals surface area contributed by atoms with E-state index in [0.717, 1.165) is 11.0 Å². The van der Waals surface area contributed by atoms with E-state index in [1.54, 1.807) is 24.3 Å². The van der Waals surface area contributed by atoms with Crippen molar-refractivity contribution in [2.45, 2.75) is 13.5 Å². The number of para-hydroxylation sites is 2. The second-order valence-corrected chi connectivity index (χ2v) is 5.35. The first kappa shape index (κ1) is 15.7. The maximum absolute atomic E-state index is 11.9. The van der Waals surface area contributed by atoms with Gasteiger partial charge < -0.3 is 15.0 Å². The van der Waals surface area contributed by atoms with E-state index in [4.69, 9.17) is 4.74 Å². The molecule has 0 fully saturated rings. The summed E-state index contributed by atoms with van der Waals surface area (Å²) in [6.07, 6.45) is 0. The smallest absolute Gasteiger partial charge is 0.258 e. The number of nitrogens with one attached hydrogen (secondary N) is 2. The summed E-state index contributed by atoms with van der Waals surface area (Å²) in [4.78, 5) is 30.7. The van der Waals surface area contributed by atoms with Crippen molar-refractivity contribution >= 4 is 22.7 Å². The highest BCUT2D eigenvalue weighted by Crippen LogP contribution is 2.13. The number of hydrogen-bond acceptors (Lipinski definition) is 4. The summed E-state index contributed by atoms with van der Waals surface area (Å²) in [5.74, 6) is 0.864. The van der Waals surface area contributed by atoms with Gasteiger partial charge in [-0.15, -0.1) is 0 Å². The van der Waals surface area contributed by atoms with Crippen LogP contribution in [0.25, 0.3) is 11.0 Å². The fourth-order valence-electron chi connectivity index (χ4n) is 2.28. The van der Waals surface area contributed by atoms with Crippen molar-refractivity contribution in [3.8, 4) is 5.75 Å². The van der Waals surface area contributed by atoms with Crippen LogP contribution in [0.15, 0.2) is 48.5 Å². The van der Waals surface area contributed by atoms with E-state index in [1.807, 2.05) is 24.3 Å². The Bertz CT molecular complexity index is 853. The fraction of sp³-hybridized carbons (Fsp3) is 0.167. The molecule has 0 unspecified atom stereocenters. The number of hydrogen-bond donors (Lipinski definition) is 2. The molecule has 0 aliphatic heterocycles. The van der Waals surface area contributed by atoms with Crippen molar-refractivity contribution in [2.24, 2.45) is 0 Å². The highest BCUT2D eigenvalue weighted by Gasteiger charge is 2.07. The van der Waals surface area contributed by atoms with Gasteiger partial charge >= 0.3 is 0 Å². The molecule has 0 aliphatic carbocycles.